The van der Waals surface area contributed by atoms with Crippen molar-refractivity contribution in [2.75, 3.05) is 7.05 Å². The molecule has 1 rings (SSSR count). The van der Waals surface area contributed by atoms with Crippen LogP contribution in [0.25, 0.3) is 0 Å². The summed E-state index contributed by atoms with van der Waals surface area (Å²) in [4.78, 5) is 7.90. The van der Waals surface area contributed by atoms with Crippen LogP contribution >= 0.6 is 0 Å². The second kappa shape index (κ2) is 3.83. The molecule has 1 aromatic heterocycles. The molecule has 1 aromatic rings. The summed E-state index contributed by atoms with van der Waals surface area (Å²) in [7, 11) is 1.87. The first kappa shape index (κ1) is 7.88. The van der Waals surface area contributed by atoms with E-state index in [9.17, 15) is 0 Å². The lowest BCUT2D eigenvalue weighted by Gasteiger charge is -2.08. The normalized spacial score (nSPS) is 12.5. The van der Waals surface area contributed by atoms with Crippen LogP contribution < -0.4 is 5.32 Å². The zero-order valence-corrected chi connectivity index (χ0v) is 6.49. The molecule has 11 heavy (non-hydrogen) atoms. The Morgan fingerprint density at radius 2 is 2.55 bits per heavy atom. The molecule has 0 aliphatic carbocycles. The molecule has 0 fully saturated rings. The fourth-order valence-corrected chi connectivity index (χ4v) is 0.871. The Balaban J connectivity index is 2.82. The molecule has 3 nitrogen and oxygen atoms in total. The molecule has 3 heteroatoms. The van der Waals surface area contributed by atoms with Gasteiger partial charge in [0.2, 0.25) is 0 Å². The molecule has 0 radical (unpaired) electrons. The molecule has 0 spiro atoms. The van der Waals surface area contributed by atoms with E-state index in [1.165, 1.54) is 6.33 Å². The van der Waals surface area contributed by atoms with E-state index in [1.807, 2.05) is 19.2 Å². The topological polar surface area (TPSA) is 37.8 Å². The minimum absolute atomic E-state index is 0.123. The smallest absolute Gasteiger partial charge is 0.115 e. The van der Waals surface area contributed by atoms with Gasteiger partial charge in [-0.2, -0.15) is 0 Å². The highest BCUT2D eigenvalue weighted by Crippen LogP contribution is 2.07. The number of rotatable bonds is 3. The molecule has 0 aliphatic rings. The number of aromatic nitrogens is 2. The Morgan fingerprint density at radius 3 is 3.00 bits per heavy atom. The van der Waals surface area contributed by atoms with Gasteiger partial charge >= 0.3 is 0 Å². The predicted octanol–water partition coefficient (Wildman–Crippen LogP) is 0.923. The van der Waals surface area contributed by atoms with Gasteiger partial charge in [-0.15, -0.1) is 6.58 Å². The van der Waals surface area contributed by atoms with Gasteiger partial charge in [-0.05, 0) is 13.1 Å². The Labute approximate surface area is 66.2 Å². The van der Waals surface area contributed by atoms with E-state index in [0.717, 1.165) is 5.69 Å². The number of nitrogens with zero attached hydrogens (tertiary/aromatic N) is 2. The van der Waals surface area contributed by atoms with Crippen molar-refractivity contribution in [3.8, 4) is 0 Å². The molecule has 0 bridgehead atoms. The highest BCUT2D eigenvalue weighted by molar-refractivity contribution is 5.10. The van der Waals surface area contributed by atoms with E-state index in [-0.39, 0.29) is 6.04 Å². The number of hydrogen-bond acceptors (Lipinski definition) is 3. The van der Waals surface area contributed by atoms with Gasteiger partial charge in [-0.1, -0.05) is 6.08 Å². The molecule has 1 unspecified atom stereocenters. The van der Waals surface area contributed by atoms with Crippen molar-refractivity contribution in [2.45, 2.75) is 6.04 Å². The van der Waals surface area contributed by atoms with Gasteiger partial charge in [-0.25, -0.2) is 9.97 Å². The van der Waals surface area contributed by atoms with Gasteiger partial charge in [0.05, 0.1) is 11.7 Å². The molecule has 58 valence electrons. The third kappa shape index (κ3) is 1.85. The largest absolute Gasteiger partial charge is 0.309 e. The van der Waals surface area contributed by atoms with Crippen molar-refractivity contribution in [3.05, 3.63) is 36.9 Å². The third-order valence-corrected chi connectivity index (χ3v) is 1.47. The maximum atomic E-state index is 4.08. The lowest BCUT2D eigenvalue weighted by atomic mass is 10.2. The second-order valence-electron chi connectivity index (χ2n) is 2.14. The minimum atomic E-state index is 0.123. The molecular weight excluding hydrogens is 138 g/mol. The van der Waals surface area contributed by atoms with Crippen LogP contribution in [0.5, 0.6) is 0 Å². The molecule has 0 aliphatic heterocycles. The zero-order chi connectivity index (χ0) is 8.10. The quantitative estimate of drug-likeness (QED) is 0.649. The van der Waals surface area contributed by atoms with Gasteiger partial charge in [0.15, 0.2) is 0 Å². The molecule has 0 amide bonds. The van der Waals surface area contributed by atoms with Gasteiger partial charge in [0, 0.05) is 6.20 Å². The molecule has 0 saturated carbocycles. The summed E-state index contributed by atoms with van der Waals surface area (Å²) < 4.78 is 0. The van der Waals surface area contributed by atoms with Crippen LogP contribution in [-0.4, -0.2) is 17.0 Å². The monoisotopic (exact) mass is 149 g/mol. The van der Waals surface area contributed by atoms with Crippen LogP contribution in [0.2, 0.25) is 0 Å². The Morgan fingerprint density at radius 1 is 1.73 bits per heavy atom. The van der Waals surface area contributed by atoms with E-state index < -0.39 is 0 Å². The Kier molecular flexibility index (Phi) is 2.74. The summed E-state index contributed by atoms with van der Waals surface area (Å²) in [6, 6.07) is 1.99. The van der Waals surface area contributed by atoms with Crippen molar-refractivity contribution in [2.24, 2.45) is 0 Å². The lowest BCUT2D eigenvalue weighted by Crippen LogP contribution is -2.14. The maximum Gasteiger partial charge on any atom is 0.115 e. The van der Waals surface area contributed by atoms with Crippen LogP contribution in [0.15, 0.2) is 31.2 Å². The molecule has 1 atom stereocenters. The highest BCUT2D eigenvalue weighted by Gasteiger charge is 2.03. The summed E-state index contributed by atoms with van der Waals surface area (Å²) in [5, 5.41) is 3.06. The van der Waals surface area contributed by atoms with E-state index in [4.69, 9.17) is 0 Å². The molecule has 0 saturated heterocycles. The van der Waals surface area contributed by atoms with Crippen molar-refractivity contribution in [1.29, 1.82) is 0 Å². The van der Waals surface area contributed by atoms with Crippen LogP contribution in [-0.2, 0) is 0 Å². The zero-order valence-electron chi connectivity index (χ0n) is 6.49. The lowest BCUT2D eigenvalue weighted by molar-refractivity contribution is 0.691. The van der Waals surface area contributed by atoms with Crippen LogP contribution in [0.1, 0.15) is 11.7 Å². The van der Waals surface area contributed by atoms with Crippen LogP contribution in [0, 0.1) is 0 Å². The standard InChI is InChI=1S/C8H11N3/c1-3-7(9-2)8-4-5-10-6-11-8/h3-7,9H,1H2,2H3. The highest BCUT2D eigenvalue weighted by atomic mass is 14.9. The summed E-state index contributed by atoms with van der Waals surface area (Å²) >= 11 is 0. The van der Waals surface area contributed by atoms with Gasteiger partial charge in [-0.3, -0.25) is 0 Å². The summed E-state index contributed by atoms with van der Waals surface area (Å²) in [6.45, 7) is 3.69. The fraction of sp³-hybridized carbons (Fsp3) is 0.250. The molecule has 1 heterocycles. The number of likely N-dealkylation sites (N-methyl/N-ethyl adjacent to an activating group) is 1. The SMILES string of the molecule is C=CC(NC)c1ccncn1. The van der Waals surface area contributed by atoms with E-state index >= 15 is 0 Å². The molecule has 0 aromatic carbocycles. The number of hydrogen-bond donors (Lipinski definition) is 1. The maximum absolute atomic E-state index is 4.08. The second-order valence-corrected chi connectivity index (χ2v) is 2.14. The van der Waals surface area contributed by atoms with E-state index in [2.05, 4.69) is 21.9 Å². The summed E-state index contributed by atoms with van der Waals surface area (Å²) in [6.07, 6.45) is 5.06. The predicted molar refractivity (Wildman–Crippen MR) is 44.0 cm³/mol. The number of nitrogens with one attached hydrogen (secondary N) is 1. The van der Waals surface area contributed by atoms with E-state index in [1.54, 1.807) is 6.20 Å². The summed E-state index contributed by atoms with van der Waals surface area (Å²) in [5.74, 6) is 0. The molecular formula is C8H11N3. The van der Waals surface area contributed by atoms with Crippen molar-refractivity contribution in [1.82, 2.24) is 15.3 Å². The van der Waals surface area contributed by atoms with Crippen molar-refractivity contribution in [3.63, 3.8) is 0 Å². The Hall–Kier alpha value is -1.22. The average Bonchev–Trinajstić information content (AvgIpc) is 2.09. The van der Waals surface area contributed by atoms with Gasteiger partial charge in [0.25, 0.3) is 0 Å². The molecule has 1 N–H and O–H groups in total. The van der Waals surface area contributed by atoms with Crippen LogP contribution in [0.3, 0.4) is 0 Å². The van der Waals surface area contributed by atoms with Crippen molar-refractivity contribution < 1.29 is 0 Å². The first-order chi connectivity index (χ1) is 5.38. The van der Waals surface area contributed by atoms with Gasteiger partial charge < -0.3 is 5.32 Å². The third-order valence-electron chi connectivity index (χ3n) is 1.47. The minimum Gasteiger partial charge on any atom is -0.309 e. The fourth-order valence-electron chi connectivity index (χ4n) is 0.871. The van der Waals surface area contributed by atoms with Crippen molar-refractivity contribution >= 4 is 0 Å². The first-order valence-corrected chi connectivity index (χ1v) is 3.44. The Bertz CT molecular complexity index is 220. The van der Waals surface area contributed by atoms with E-state index in [0.29, 0.717) is 0 Å². The van der Waals surface area contributed by atoms with Gasteiger partial charge in [0.1, 0.15) is 6.33 Å². The average molecular weight is 149 g/mol. The van der Waals surface area contributed by atoms with Crippen LogP contribution in [0.4, 0.5) is 0 Å². The summed E-state index contributed by atoms with van der Waals surface area (Å²) in [5.41, 5.74) is 0.942. The first-order valence-electron chi connectivity index (χ1n) is 3.44.